The van der Waals surface area contributed by atoms with Gasteiger partial charge in [0, 0.05) is 0 Å². The van der Waals surface area contributed by atoms with Crippen molar-refractivity contribution in [2.24, 2.45) is 0 Å². The van der Waals surface area contributed by atoms with E-state index in [2.05, 4.69) is 15.9 Å². The molecule has 2 nitrogen and oxygen atoms in total. The van der Waals surface area contributed by atoms with Gasteiger partial charge >= 0.3 is 0 Å². The number of hydrogen-bond donors (Lipinski definition) is 2. The fraction of sp³-hybridized carbons (Fsp3) is 0.333. The molecule has 6 heteroatoms. The summed E-state index contributed by atoms with van der Waals surface area (Å²) in [4.78, 5) is 0. The first-order valence-corrected chi connectivity index (χ1v) is 3.43. The average molecular weight is 217 g/mol. The van der Waals surface area contributed by atoms with Crippen molar-refractivity contribution in [3.05, 3.63) is 0 Å². The third-order valence-electron chi connectivity index (χ3n) is 0.398. The third-order valence-corrected chi connectivity index (χ3v) is 1.46. The van der Waals surface area contributed by atoms with E-state index in [-0.39, 0.29) is 3.95 Å². The summed E-state index contributed by atoms with van der Waals surface area (Å²) in [6.45, 7) is 0. The maximum atomic E-state index is 11.4. The predicted octanol–water partition coefficient (Wildman–Crippen LogP) is 2.29. The second-order valence-electron chi connectivity index (χ2n) is 1.04. The molecular formula is C3H3BrF2N2S. The van der Waals surface area contributed by atoms with Gasteiger partial charge in [-0.3, -0.25) is 10.8 Å². The monoisotopic (exact) mass is 216 g/mol. The van der Waals surface area contributed by atoms with Crippen LogP contribution in [0.4, 0.5) is 8.78 Å². The Balaban J connectivity index is 3.64. The summed E-state index contributed by atoms with van der Waals surface area (Å²) in [6.07, 6.45) is -2.77. The molecule has 0 aliphatic heterocycles. The zero-order valence-electron chi connectivity index (χ0n) is 4.12. The van der Waals surface area contributed by atoms with Gasteiger partial charge in [0.05, 0.1) is 0 Å². The van der Waals surface area contributed by atoms with Crippen molar-refractivity contribution < 1.29 is 8.78 Å². The van der Waals surface area contributed by atoms with Crippen LogP contribution in [0.15, 0.2) is 0 Å². The number of halogens is 3. The van der Waals surface area contributed by atoms with Crippen molar-refractivity contribution >= 4 is 36.7 Å². The lowest BCUT2D eigenvalue weighted by Gasteiger charge is -1.95. The molecule has 2 N–H and O–H groups in total. The molecule has 0 aliphatic rings. The van der Waals surface area contributed by atoms with E-state index in [1.165, 1.54) is 0 Å². The van der Waals surface area contributed by atoms with Crippen molar-refractivity contribution in [2.75, 3.05) is 0 Å². The lowest BCUT2D eigenvalue weighted by Crippen LogP contribution is -2.04. The van der Waals surface area contributed by atoms with Gasteiger partial charge in [-0.05, 0) is 27.7 Å². The average Bonchev–Trinajstić information content (AvgIpc) is 1.63. The lowest BCUT2D eigenvalue weighted by molar-refractivity contribution is 0.228. The van der Waals surface area contributed by atoms with Gasteiger partial charge in [0.15, 0.2) is 0 Å². The molecule has 0 radical (unpaired) electrons. The molecular weight excluding hydrogens is 214 g/mol. The summed E-state index contributed by atoms with van der Waals surface area (Å²) >= 11 is 3.01. The van der Waals surface area contributed by atoms with Crippen molar-refractivity contribution in [3.63, 3.8) is 0 Å². The molecule has 0 saturated carbocycles. The highest BCUT2D eigenvalue weighted by Crippen LogP contribution is 2.14. The van der Waals surface area contributed by atoms with E-state index in [0.29, 0.717) is 11.8 Å². The zero-order chi connectivity index (χ0) is 7.44. The quantitative estimate of drug-likeness (QED) is 0.513. The normalized spacial score (nSPS) is 9.78. The van der Waals surface area contributed by atoms with E-state index in [9.17, 15) is 8.78 Å². The summed E-state index contributed by atoms with van der Waals surface area (Å²) < 4.78 is 22.7. The minimum Gasteiger partial charge on any atom is -0.293 e. The zero-order valence-corrected chi connectivity index (χ0v) is 6.52. The van der Waals surface area contributed by atoms with Crippen molar-refractivity contribution in [1.82, 2.24) is 0 Å². The van der Waals surface area contributed by atoms with Gasteiger partial charge in [-0.2, -0.15) is 0 Å². The topological polar surface area (TPSA) is 47.7 Å². The van der Waals surface area contributed by atoms with Gasteiger partial charge in [-0.25, -0.2) is 8.78 Å². The molecule has 0 rings (SSSR count). The highest BCUT2D eigenvalue weighted by atomic mass is 79.9. The summed E-state index contributed by atoms with van der Waals surface area (Å²) in [6, 6.07) is 0. The van der Waals surface area contributed by atoms with Crippen LogP contribution in [-0.2, 0) is 0 Å². The molecule has 0 fully saturated rings. The van der Waals surface area contributed by atoms with Crippen LogP contribution in [0.1, 0.15) is 0 Å². The number of hydrogen-bond acceptors (Lipinski definition) is 3. The van der Waals surface area contributed by atoms with Gasteiger partial charge in [-0.15, -0.1) is 0 Å². The molecule has 0 aromatic heterocycles. The molecule has 0 aromatic carbocycles. The Morgan fingerprint density at radius 2 is 1.89 bits per heavy atom. The van der Waals surface area contributed by atoms with E-state index < -0.39 is 11.5 Å². The Morgan fingerprint density at radius 3 is 2.00 bits per heavy atom. The maximum Gasteiger partial charge on any atom is 0.285 e. The Hall–Kier alpha value is 0.0300. The smallest absolute Gasteiger partial charge is 0.285 e. The van der Waals surface area contributed by atoms with Gasteiger partial charge in [0.25, 0.3) is 6.43 Å². The SMILES string of the molecule is N=C(Br)SC(=N)C(F)F. The van der Waals surface area contributed by atoms with Crippen molar-refractivity contribution in [2.45, 2.75) is 6.43 Å². The van der Waals surface area contributed by atoms with Crippen LogP contribution in [0.2, 0.25) is 0 Å². The second kappa shape index (κ2) is 3.94. The van der Waals surface area contributed by atoms with E-state index in [0.717, 1.165) is 0 Å². The van der Waals surface area contributed by atoms with Gasteiger partial charge in [0.1, 0.15) is 9.00 Å². The second-order valence-corrected chi connectivity index (χ2v) is 3.41. The Labute approximate surface area is 63.2 Å². The maximum absolute atomic E-state index is 11.4. The molecule has 0 bridgehead atoms. The molecule has 52 valence electrons. The highest BCUT2D eigenvalue weighted by Gasteiger charge is 2.11. The first kappa shape index (κ1) is 9.03. The molecule has 0 amide bonds. The van der Waals surface area contributed by atoms with Crippen LogP contribution in [-0.4, -0.2) is 15.4 Å². The summed E-state index contributed by atoms with van der Waals surface area (Å²) in [7, 11) is 0. The molecule has 0 atom stereocenters. The van der Waals surface area contributed by atoms with Crippen molar-refractivity contribution in [3.8, 4) is 0 Å². The van der Waals surface area contributed by atoms with Gasteiger partial charge in [0.2, 0.25) is 0 Å². The Bertz CT molecular complexity index is 138. The first-order chi connectivity index (χ1) is 4.04. The van der Waals surface area contributed by atoms with Crippen molar-refractivity contribution in [1.29, 1.82) is 10.8 Å². The van der Waals surface area contributed by atoms with Gasteiger partial charge in [-0.1, -0.05) is 0 Å². The standard InChI is InChI=1S/C3H3BrF2N2S/c4-3(8)9-2(7)1(5)6/h1,7-8H. The van der Waals surface area contributed by atoms with E-state index >= 15 is 0 Å². The summed E-state index contributed by atoms with van der Waals surface area (Å²) in [5.41, 5.74) is 0. The number of nitrogens with one attached hydrogen (secondary N) is 2. The molecule has 0 saturated heterocycles. The highest BCUT2D eigenvalue weighted by molar-refractivity contribution is 9.22. The van der Waals surface area contributed by atoms with Crippen LogP contribution >= 0.6 is 27.7 Å². The third kappa shape index (κ3) is 4.53. The largest absolute Gasteiger partial charge is 0.293 e. The summed E-state index contributed by atoms with van der Waals surface area (Å²) in [5, 5.41) is 12.3. The molecule has 0 aromatic rings. The Morgan fingerprint density at radius 1 is 1.44 bits per heavy atom. The number of thioether (sulfide) groups is 1. The van der Waals surface area contributed by atoms with Crippen LogP contribution in [0, 0.1) is 10.8 Å². The van der Waals surface area contributed by atoms with Crippen LogP contribution in [0.3, 0.4) is 0 Å². The van der Waals surface area contributed by atoms with Crippen LogP contribution in [0.25, 0.3) is 0 Å². The fourth-order valence-corrected chi connectivity index (χ4v) is 0.946. The molecule has 0 aliphatic carbocycles. The predicted molar refractivity (Wildman–Crippen MR) is 38.0 cm³/mol. The van der Waals surface area contributed by atoms with Gasteiger partial charge < -0.3 is 0 Å². The molecule has 9 heavy (non-hydrogen) atoms. The molecule has 0 spiro atoms. The van der Waals surface area contributed by atoms with E-state index in [4.69, 9.17) is 10.8 Å². The van der Waals surface area contributed by atoms with Crippen LogP contribution < -0.4 is 0 Å². The summed E-state index contributed by atoms with van der Waals surface area (Å²) in [5.74, 6) is 0. The number of alkyl halides is 2. The van der Waals surface area contributed by atoms with E-state index in [1.54, 1.807) is 0 Å². The van der Waals surface area contributed by atoms with Crippen LogP contribution in [0.5, 0.6) is 0 Å². The minimum absolute atomic E-state index is 0.173. The fourth-order valence-electron chi connectivity index (χ4n) is 0.141. The minimum atomic E-state index is -2.77. The number of rotatable bonds is 1. The lowest BCUT2D eigenvalue weighted by atomic mass is 10.8. The molecule has 0 heterocycles. The van der Waals surface area contributed by atoms with E-state index in [1.807, 2.05) is 0 Å². The molecule has 0 unspecified atom stereocenters. The first-order valence-electron chi connectivity index (χ1n) is 1.82. The Kier molecular flexibility index (Phi) is 3.96.